The number of ether oxygens (including phenoxy) is 1. The molecule has 0 atom stereocenters. The molecule has 0 N–H and O–H groups in total. The van der Waals surface area contributed by atoms with Gasteiger partial charge in [-0.25, -0.2) is 4.98 Å². The summed E-state index contributed by atoms with van der Waals surface area (Å²) < 4.78 is 6.06. The second-order valence-corrected chi connectivity index (χ2v) is 8.11. The molecule has 2 aliphatic rings. The summed E-state index contributed by atoms with van der Waals surface area (Å²) in [5.74, 6) is 0.836. The predicted molar refractivity (Wildman–Crippen MR) is 110 cm³/mol. The highest BCUT2D eigenvalue weighted by Crippen LogP contribution is 2.34. The number of thioether (sulfide) groups is 1. The third-order valence-corrected chi connectivity index (χ3v) is 6.05. The van der Waals surface area contributed by atoms with Crippen LogP contribution in [0.5, 0.6) is 0 Å². The maximum atomic E-state index is 12.4. The molecule has 2 saturated heterocycles. The number of hydrogen-bond acceptors (Lipinski definition) is 6. The van der Waals surface area contributed by atoms with E-state index in [0.29, 0.717) is 22.4 Å². The van der Waals surface area contributed by atoms with Crippen molar-refractivity contribution in [2.75, 3.05) is 38.3 Å². The molecule has 0 unspecified atom stereocenters. The Labute approximate surface area is 162 Å². The van der Waals surface area contributed by atoms with E-state index in [4.69, 9.17) is 21.9 Å². The lowest BCUT2D eigenvalue weighted by Gasteiger charge is -2.29. The Kier molecular flexibility index (Phi) is 4.69. The van der Waals surface area contributed by atoms with E-state index in [9.17, 15) is 4.79 Å². The molecule has 7 heteroatoms. The van der Waals surface area contributed by atoms with Gasteiger partial charge in [-0.3, -0.25) is 9.69 Å². The van der Waals surface area contributed by atoms with Crippen LogP contribution in [0.2, 0.25) is 0 Å². The molecule has 0 aliphatic carbocycles. The van der Waals surface area contributed by atoms with Gasteiger partial charge in [0.25, 0.3) is 5.91 Å². The van der Waals surface area contributed by atoms with Gasteiger partial charge in [-0.1, -0.05) is 35.6 Å². The standard InChI is InChI=1S/C19H19N3O2S2/c1-12-3-4-15-13(9-12)10-14(11-16-18(23)21(2)19(25)26-16)17(20-15)22-5-7-24-8-6-22/h3-4,9-11H,5-8H2,1-2H3/b16-11-. The SMILES string of the molecule is Cc1ccc2nc(N3CCOCC3)c(/C=C3\SC(=S)N(C)C3=O)cc2c1. The first kappa shape index (κ1) is 17.5. The average molecular weight is 386 g/mol. The van der Waals surface area contributed by atoms with Crippen LogP contribution in [0, 0.1) is 6.92 Å². The zero-order chi connectivity index (χ0) is 18.3. The molecule has 0 spiro atoms. The zero-order valence-electron chi connectivity index (χ0n) is 14.7. The zero-order valence-corrected chi connectivity index (χ0v) is 16.3. The Morgan fingerprint density at radius 3 is 2.73 bits per heavy atom. The Hall–Kier alpha value is -1.96. The van der Waals surface area contributed by atoms with Gasteiger partial charge in [0.2, 0.25) is 0 Å². The number of carbonyl (C=O) groups is 1. The van der Waals surface area contributed by atoms with Crippen LogP contribution in [0.25, 0.3) is 17.0 Å². The number of thiocarbonyl (C=S) groups is 1. The van der Waals surface area contributed by atoms with Gasteiger partial charge in [0.15, 0.2) is 0 Å². The number of nitrogens with zero attached hydrogens (tertiary/aromatic N) is 3. The Bertz CT molecular complexity index is 936. The summed E-state index contributed by atoms with van der Waals surface area (Å²) in [5.41, 5.74) is 3.08. The molecule has 1 aromatic heterocycles. The maximum Gasteiger partial charge on any atom is 0.265 e. The number of amides is 1. The molecule has 2 aliphatic heterocycles. The fraction of sp³-hybridized carbons (Fsp3) is 0.316. The fourth-order valence-electron chi connectivity index (χ4n) is 3.12. The van der Waals surface area contributed by atoms with Crippen molar-refractivity contribution < 1.29 is 9.53 Å². The minimum absolute atomic E-state index is 0.0581. The van der Waals surface area contributed by atoms with Crippen molar-refractivity contribution in [2.45, 2.75) is 6.92 Å². The van der Waals surface area contributed by atoms with E-state index < -0.39 is 0 Å². The Balaban J connectivity index is 1.85. The third-order valence-electron chi connectivity index (χ3n) is 4.56. The first-order valence-corrected chi connectivity index (χ1v) is 9.71. The molecule has 5 nitrogen and oxygen atoms in total. The smallest absolute Gasteiger partial charge is 0.265 e. The average Bonchev–Trinajstić information content (AvgIpc) is 2.88. The van der Waals surface area contributed by atoms with Crippen LogP contribution >= 0.6 is 24.0 Å². The van der Waals surface area contributed by atoms with Crippen molar-refractivity contribution in [1.82, 2.24) is 9.88 Å². The lowest BCUT2D eigenvalue weighted by molar-refractivity contribution is -0.121. The van der Waals surface area contributed by atoms with Crippen LogP contribution in [-0.2, 0) is 9.53 Å². The first-order valence-electron chi connectivity index (χ1n) is 8.48. The van der Waals surface area contributed by atoms with E-state index >= 15 is 0 Å². The molecule has 2 fully saturated rings. The highest BCUT2D eigenvalue weighted by atomic mass is 32.2. The van der Waals surface area contributed by atoms with Gasteiger partial charge in [-0.2, -0.15) is 0 Å². The lowest BCUT2D eigenvalue weighted by atomic mass is 10.1. The maximum absolute atomic E-state index is 12.4. The fourth-order valence-corrected chi connectivity index (χ4v) is 4.29. The van der Waals surface area contributed by atoms with Crippen molar-refractivity contribution in [3.8, 4) is 0 Å². The van der Waals surface area contributed by atoms with Gasteiger partial charge in [0.1, 0.15) is 10.1 Å². The van der Waals surface area contributed by atoms with E-state index in [1.165, 1.54) is 22.2 Å². The first-order chi connectivity index (χ1) is 12.5. The number of aromatic nitrogens is 1. The van der Waals surface area contributed by atoms with E-state index in [-0.39, 0.29) is 5.91 Å². The summed E-state index contributed by atoms with van der Waals surface area (Å²) in [6.45, 7) is 5.02. The molecular weight excluding hydrogens is 366 g/mol. The second kappa shape index (κ2) is 6.98. The van der Waals surface area contributed by atoms with Crippen LogP contribution in [0.1, 0.15) is 11.1 Å². The van der Waals surface area contributed by atoms with Crippen molar-refractivity contribution in [1.29, 1.82) is 0 Å². The molecule has 4 rings (SSSR count). The number of fused-ring (bicyclic) bond motifs is 1. The molecule has 1 aromatic carbocycles. The predicted octanol–water partition coefficient (Wildman–Crippen LogP) is 3.21. The van der Waals surface area contributed by atoms with Crippen LogP contribution in [0.4, 0.5) is 5.82 Å². The highest BCUT2D eigenvalue weighted by molar-refractivity contribution is 8.26. The minimum atomic E-state index is -0.0581. The van der Waals surface area contributed by atoms with E-state index in [2.05, 4.69) is 30.0 Å². The molecule has 0 saturated carbocycles. The van der Waals surface area contributed by atoms with Crippen LogP contribution < -0.4 is 4.90 Å². The highest BCUT2D eigenvalue weighted by Gasteiger charge is 2.29. The summed E-state index contributed by atoms with van der Waals surface area (Å²) in [6, 6.07) is 8.35. The number of rotatable bonds is 2. The van der Waals surface area contributed by atoms with Gasteiger partial charge >= 0.3 is 0 Å². The van der Waals surface area contributed by atoms with Crippen LogP contribution in [-0.4, -0.2) is 53.5 Å². The summed E-state index contributed by atoms with van der Waals surface area (Å²) in [4.78, 5) is 21.7. The van der Waals surface area contributed by atoms with Gasteiger partial charge in [0.05, 0.1) is 23.6 Å². The van der Waals surface area contributed by atoms with Crippen molar-refractivity contribution >= 4 is 57.0 Å². The van der Waals surface area contributed by atoms with Crippen LogP contribution in [0.3, 0.4) is 0 Å². The Morgan fingerprint density at radius 1 is 1.27 bits per heavy atom. The topological polar surface area (TPSA) is 45.7 Å². The molecule has 3 heterocycles. The molecule has 0 radical (unpaired) electrons. The summed E-state index contributed by atoms with van der Waals surface area (Å²) in [7, 11) is 1.71. The van der Waals surface area contributed by atoms with Gasteiger partial charge in [-0.05, 0) is 31.2 Å². The number of likely N-dealkylation sites (N-methyl/N-ethyl adjacent to an activating group) is 1. The van der Waals surface area contributed by atoms with Crippen molar-refractivity contribution in [2.24, 2.45) is 0 Å². The summed E-state index contributed by atoms with van der Waals surface area (Å²) in [6.07, 6.45) is 1.92. The van der Waals surface area contributed by atoms with Gasteiger partial charge in [0, 0.05) is 31.1 Å². The normalized spacial score (nSPS) is 19.8. The lowest BCUT2D eigenvalue weighted by Crippen LogP contribution is -2.37. The van der Waals surface area contributed by atoms with Gasteiger partial charge < -0.3 is 9.64 Å². The van der Waals surface area contributed by atoms with E-state index in [0.717, 1.165) is 35.4 Å². The molecule has 2 aromatic rings. The second-order valence-electron chi connectivity index (χ2n) is 6.44. The summed E-state index contributed by atoms with van der Waals surface area (Å²) >= 11 is 6.59. The molecule has 26 heavy (non-hydrogen) atoms. The monoisotopic (exact) mass is 385 g/mol. The Morgan fingerprint density at radius 2 is 2.04 bits per heavy atom. The number of pyridine rings is 1. The number of benzene rings is 1. The molecule has 0 bridgehead atoms. The molecule has 134 valence electrons. The number of aryl methyl sites for hydroxylation is 1. The minimum Gasteiger partial charge on any atom is -0.378 e. The quantitative estimate of drug-likeness (QED) is 0.584. The van der Waals surface area contributed by atoms with E-state index in [1.807, 2.05) is 12.1 Å². The summed E-state index contributed by atoms with van der Waals surface area (Å²) in [5, 5.41) is 1.07. The number of carbonyl (C=O) groups excluding carboxylic acids is 1. The van der Waals surface area contributed by atoms with Gasteiger partial charge in [-0.15, -0.1) is 0 Å². The number of anilines is 1. The van der Waals surface area contributed by atoms with Crippen LogP contribution in [0.15, 0.2) is 29.2 Å². The van der Waals surface area contributed by atoms with E-state index in [1.54, 1.807) is 7.05 Å². The molecule has 1 amide bonds. The number of morpholine rings is 1. The van der Waals surface area contributed by atoms with Crippen molar-refractivity contribution in [3.63, 3.8) is 0 Å². The third kappa shape index (κ3) is 3.22. The largest absolute Gasteiger partial charge is 0.378 e. The number of hydrogen-bond donors (Lipinski definition) is 0. The van der Waals surface area contributed by atoms with Crippen molar-refractivity contribution in [3.05, 3.63) is 40.3 Å². The molecular formula is C19H19N3O2S2.